The lowest BCUT2D eigenvalue weighted by Crippen LogP contribution is -2.27. The fourth-order valence-electron chi connectivity index (χ4n) is 1.22. The average molecular weight is 281 g/mol. The maximum absolute atomic E-state index is 11.7. The average Bonchev–Trinajstić information content (AvgIpc) is 2.76. The van der Waals surface area contributed by atoms with E-state index in [-0.39, 0.29) is 18.9 Å². The van der Waals surface area contributed by atoms with E-state index in [4.69, 9.17) is 0 Å². The summed E-state index contributed by atoms with van der Waals surface area (Å²) in [6, 6.07) is 3.88. The number of halogens is 3. The molecule has 1 amide bonds. The van der Waals surface area contributed by atoms with E-state index in [1.165, 1.54) is 0 Å². The summed E-state index contributed by atoms with van der Waals surface area (Å²) in [5.74, 6) is -0.297. The van der Waals surface area contributed by atoms with E-state index >= 15 is 0 Å². The summed E-state index contributed by atoms with van der Waals surface area (Å²) >= 11 is 1.60. The molecule has 0 aromatic carbocycles. The lowest BCUT2D eigenvalue weighted by molar-refractivity contribution is -0.174. The van der Waals surface area contributed by atoms with Crippen LogP contribution >= 0.6 is 11.3 Å². The van der Waals surface area contributed by atoms with Gasteiger partial charge in [-0.05, 0) is 17.9 Å². The minimum absolute atomic E-state index is 0.0550. The van der Waals surface area contributed by atoms with E-state index in [9.17, 15) is 18.0 Å². The number of thiophene rings is 1. The molecule has 0 unspecified atom stereocenters. The van der Waals surface area contributed by atoms with Gasteiger partial charge in [0.2, 0.25) is 5.91 Å². The van der Waals surface area contributed by atoms with Crippen molar-refractivity contribution in [2.45, 2.75) is 19.0 Å². The van der Waals surface area contributed by atoms with Crippen molar-refractivity contribution in [1.82, 2.24) is 5.32 Å². The van der Waals surface area contributed by atoms with Gasteiger partial charge >= 0.3 is 6.18 Å². The normalized spacial score (nSPS) is 11.5. The van der Waals surface area contributed by atoms with Crippen molar-refractivity contribution in [3.63, 3.8) is 0 Å². The van der Waals surface area contributed by atoms with Crippen molar-refractivity contribution >= 4 is 17.2 Å². The topological polar surface area (TPSA) is 38.3 Å². The Morgan fingerprint density at radius 2 is 2.22 bits per heavy atom. The SMILES string of the molecule is O=C(CCOCC(F)(F)F)NCCc1cccs1. The Hall–Kier alpha value is -1.08. The molecule has 0 fully saturated rings. The second-order valence-corrected chi connectivity index (χ2v) is 4.63. The van der Waals surface area contributed by atoms with Crippen molar-refractivity contribution in [2.75, 3.05) is 19.8 Å². The van der Waals surface area contributed by atoms with Crippen LogP contribution in [0.25, 0.3) is 0 Å². The van der Waals surface area contributed by atoms with E-state index in [2.05, 4.69) is 10.1 Å². The molecule has 1 aromatic heterocycles. The third-order valence-corrected chi connectivity index (χ3v) is 2.95. The molecule has 1 aromatic rings. The molecule has 0 saturated carbocycles. The molecule has 1 rings (SSSR count). The van der Waals surface area contributed by atoms with Crippen LogP contribution in [0.2, 0.25) is 0 Å². The van der Waals surface area contributed by atoms with Crippen molar-refractivity contribution in [3.8, 4) is 0 Å². The van der Waals surface area contributed by atoms with Gasteiger partial charge in [-0.25, -0.2) is 0 Å². The minimum Gasteiger partial charge on any atom is -0.372 e. The molecule has 0 radical (unpaired) electrons. The predicted molar refractivity (Wildman–Crippen MR) is 62.5 cm³/mol. The highest BCUT2D eigenvalue weighted by atomic mass is 32.1. The Morgan fingerprint density at radius 3 is 2.83 bits per heavy atom. The maximum Gasteiger partial charge on any atom is 0.411 e. The number of alkyl halides is 3. The Bertz CT molecular complexity index is 352. The second kappa shape index (κ2) is 7.38. The van der Waals surface area contributed by atoms with Crippen LogP contribution in [0.4, 0.5) is 13.2 Å². The summed E-state index contributed by atoms with van der Waals surface area (Å²) < 4.78 is 39.5. The van der Waals surface area contributed by atoms with Gasteiger partial charge in [-0.2, -0.15) is 13.2 Å². The third-order valence-electron chi connectivity index (χ3n) is 2.01. The number of hydrogen-bond acceptors (Lipinski definition) is 3. The second-order valence-electron chi connectivity index (χ2n) is 3.60. The van der Waals surface area contributed by atoms with Gasteiger partial charge in [0.1, 0.15) is 6.61 Å². The molecule has 7 heteroatoms. The van der Waals surface area contributed by atoms with E-state index < -0.39 is 12.8 Å². The van der Waals surface area contributed by atoms with Gasteiger partial charge in [0, 0.05) is 17.8 Å². The highest BCUT2D eigenvalue weighted by Crippen LogP contribution is 2.14. The number of rotatable bonds is 7. The van der Waals surface area contributed by atoms with Gasteiger partial charge < -0.3 is 10.1 Å². The first kappa shape index (κ1) is 15.0. The zero-order valence-electron chi connectivity index (χ0n) is 9.63. The van der Waals surface area contributed by atoms with Crippen LogP contribution in [-0.4, -0.2) is 31.8 Å². The highest BCUT2D eigenvalue weighted by Gasteiger charge is 2.27. The fourth-order valence-corrected chi connectivity index (χ4v) is 1.93. The summed E-state index contributed by atoms with van der Waals surface area (Å²) in [5, 5.41) is 4.57. The Morgan fingerprint density at radius 1 is 1.44 bits per heavy atom. The van der Waals surface area contributed by atoms with Crippen LogP contribution in [0.1, 0.15) is 11.3 Å². The Labute approximate surface area is 107 Å². The van der Waals surface area contributed by atoms with Gasteiger partial charge in [0.25, 0.3) is 0 Å². The Kier molecular flexibility index (Phi) is 6.14. The van der Waals surface area contributed by atoms with Crippen LogP contribution in [-0.2, 0) is 16.0 Å². The first-order valence-electron chi connectivity index (χ1n) is 5.41. The molecule has 0 aliphatic rings. The quantitative estimate of drug-likeness (QED) is 0.779. The van der Waals surface area contributed by atoms with Gasteiger partial charge in [-0.3, -0.25) is 4.79 Å². The predicted octanol–water partition coefficient (Wildman–Crippen LogP) is 2.38. The van der Waals surface area contributed by atoms with E-state index in [1.54, 1.807) is 11.3 Å². The summed E-state index contributed by atoms with van der Waals surface area (Å²) in [6.45, 7) is -1.04. The summed E-state index contributed by atoms with van der Waals surface area (Å²) in [4.78, 5) is 12.4. The first-order valence-corrected chi connectivity index (χ1v) is 6.29. The van der Waals surface area contributed by atoms with Gasteiger partial charge in [0.15, 0.2) is 0 Å². The molecule has 0 spiro atoms. The molecular formula is C11H14F3NO2S. The molecule has 1 N–H and O–H groups in total. The van der Waals surface area contributed by atoms with Crippen LogP contribution in [0, 0.1) is 0 Å². The van der Waals surface area contributed by atoms with Crippen LogP contribution < -0.4 is 5.32 Å². The van der Waals surface area contributed by atoms with Gasteiger partial charge in [-0.1, -0.05) is 6.07 Å². The lowest BCUT2D eigenvalue weighted by atomic mass is 10.3. The smallest absolute Gasteiger partial charge is 0.372 e. The largest absolute Gasteiger partial charge is 0.411 e. The molecular weight excluding hydrogens is 267 g/mol. The summed E-state index contributed by atoms with van der Waals surface area (Å²) in [6.07, 6.45) is -3.66. The molecule has 3 nitrogen and oxygen atoms in total. The molecule has 0 aliphatic carbocycles. The molecule has 1 heterocycles. The monoisotopic (exact) mass is 281 g/mol. The van der Waals surface area contributed by atoms with Crippen molar-refractivity contribution in [2.24, 2.45) is 0 Å². The van der Waals surface area contributed by atoms with Crippen LogP contribution in [0.5, 0.6) is 0 Å². The van der Waals surface area contributed by atoms with E-state index in [0.29, 0.717) is 6.54 Å². The molecule has 18 heavy (non-hydrogen) atoms. The van der Waals surface area contributed by atoms with Gasteiger partial charge in [0.05, 0.1) is 6.61 Å². The molecule has 102 valence electrons. The number of ether oxygens (including phenoxy) is 1. The van der Waals surface area contributed by atoms with E-state index in [0.717, 1.165) is 11.3 Å². The Balaban J connectivity index is 2.00. The minimum atomic E-state index is -4.34. The van der Waals surface area contributed by atoms with Crippen molar-refractivity contribution in [3.05, 3.63) is 22.4 Å². The number of amides is 1. The third kappa shape index (κ3) is 7.29. The summed E-state index contributed by atoms with van der Waals surface area (Å²) in [7, 11) is 0. The van der Waals surface area contributed by atoms with Crippen LogP contribution in [0.3, 0.4) is 0 Å². The zero-order chi connectivity index (χ0) is 13.4. The molecule has 0 aliphatic heterocycles. The van der Waals surface area contributed by atoms with Crippen LogP contribution in [0.15, 0.2) is 17.5 Å². The number of hydrogen-bond donors (Lipinski definition) is 1. The summed E-state index contributed by atoms with van der Waals surface area (Å²) in [5.41, 5.74) is 0. The molecule has 0 saturated heterocycles. The van der Waals surface area contributed by atoms with E-state index in [1.807, 2.05) is 17.5 Å². The van der Waals surface area contributed by atoms with Crippen molar-refractivity contribution in [1.29, 1.82) is 0 Å². The molecule has 0 atom stereocenters. The maximum atomic E-state index is 11.7. The standard InChI is InChI=1S/C11H14F3NO2S/c12-11(13,14)8-17-6-4-10(16)15-5-3-9-2-1-7-18-9/h1-2,7H,3-6,8H2,(H,15,16). The first-order chi connectivity index (χ1) is 8.47. The fraction of sp³-hybridized carbons (Fsp3) is 0.545. The zero-order valence-corrected chi connectivity index (χ0v) is 10.4. The number of carbonyl (C=O) groups excluding carboxylic acids is 1. The number of nitrogens with one attached hydrogen (secondary N) is 1. The number of carbonyl (C=O) groups is 1. The van der Waals surface area contributed by atoms with Gasteiger partial charge in [-0.15, -0.1) is 11.3 Å². The highest BCUT2D eigenvalue weighted by molar-refractivity contribution is 7.09. The van der Waals surface area contributed by atoms with Crippen molar-refractivity contribution < 1.29 is 22.7 Å². The lowest BCUT2D eigenvalue weighted by Gasteiger charge is -2.07. The molecule has 0 bridgehead atoms.